The predicted molar refractivity (Wildman–Crippen MR) is 116 cm³/mol. The molecule has 4 aromatic rings. The molecular weight excluding hydrogens is 376 g/mol. The van der Waals surface area contributed by atoms with Gasteiger partial charge in [0, 0.05) is 11.6 Å². The van der Waals surface area contributed by atoms with Crippen LogP contribution in [-0.4, -0.2) is 20.4 Å². The van der Waals surface area contributed by atoms with Crippen molar-refractivity contribution in [1.82, 2.24) is 14.5 Å². The van der Waals surface area contributed by atoms with Crippen LogP contribution in [0.4, 0.5) is 5.95 Å². The Morgan fingerprint density at radius 3 is 2.60 bits per heavy atom. The standard InChI is InChI=1S/C24H24N4O2/c29-22(15-18-16-30-23(25-18)17-9-3-1-4-10-17)27-24-26-20-13-7-8-14-21(20)28(24)19-11-5-2-6-12-19/h1,3-4,7-10,13-14,16,19H,2,5-6,11-12,15H2,(H,26,27,29). The van der Waals surface area contributed by atoms with Gasteiger partial charge < -0.3 is 8.98 Å². The van der Waals surface area contributed by atoms with E-state index in [4.69, 9.17) is 9.40 Å². The van der Waals surface area contributed by atoms with Gasteiger partial charge in [-0.1, -0.05) is 49.6 Å². The molecule has 0 saturated heterocycles. The summed E-state index contributed by atoms with van der Waals surface area (Å²) >= 11 is 0. The molecule has 30 heavy (non-hydrogen) atoms. The molecular formula is C24H24N4O2. The second kappa shape index (κ2) is 8.14. The fraction of sp³-hybridized carbons (Fsp3) is 0.292. The van der Waals surface area contributed by atoms with E-state index in [1.165, 1.54) is 19.3 Å². The second-order valence-corrected chi connectivity index (χ2v) is 7.82. The first-order valence-electron chi connectivity index (χ1n) is 10.5. The number of carbonyl (C=O) groups is 1. The highest BCUT2D eigenvalue weighted by Gasteiger charge is 2.22. The van der Waals surface area contributed by atoms with Gasteiger partial charge in [0.15, 0.2) is 0 Å². The summed E-state index contributed by atoms with van der Waals surface area (Å²) in [4.78, 5) is 22.0. The van der Waals surface area contributed by atoms with Gasteiger partial charge in [-0.2, -0.15) is 0 Å². The lowest BCUT2D eigenvalue weighted by Crippen LogP contribution is -2.21. The van der Waals surface area contributed by atoms with Crippen LogP contribution in [0.1, 0.15) is 43.8 Å². The zero-order valence-electron chi connectivity index (χ0n) is 16.8. The number of hydrogen-bond acceptors (Lipinski definition) is 4. The summed E-state index contributed by atoms with van der Waals surface area (Å²) < 4.78 is 7.77. The quantitative estimate of drug-likeness (QED) is 0.488. The number of hydrogen-bond donors (Lipinski definition) is 1. The van der Waals surface area contributed by atoms with Gasteiger partial charge in [0.05, 0.1) is 23.1 Å². The number of amides is 1. The van der Waals surface area contributed by atoms with Crippen LogP contribution >= 0.6 is 0 Å². The number of nitrogens with one attached hydrogen (secondary N) is 1. The van der Waals surface area contributed by atoms with Crippen molar-refractivity contribution in [2.24, 2.45) is 0 Å². The van der Waals surface area contributed by atoms with Crippen LogP contribution in [0.5, 0.6) is 0 Å². The van der Waals surface area contributed by atoms with Crippen LogP contribution in [0.15, 0.2) is 65.3 Å². The SMILES string of the molecule is O=C(Cc1coc(-c2ccccc2)n1)Nc1nc2ccccc2n1C1CCCCC1. The minimum absolute atomic E-state index is 0.143. The molecule has 1 N–H and O–H groups in total. The first kappa shape index (κ1) is 18.6. The number of imidazole rings is 1. The van der Waals surface area contributed by atoms with E-state index in [9.17, 15) is 4.79 Å². The Morgan fingerprint density at radius 2 is 1.77 bits per heavy atom. The van der Waals surface area contributed by atoms with Gasteiger partial charge in [0.25, 0.3) is 0 Å². The van der Waals surface area contributed by atoms with Crippen LogP contribution in [0.3, 0.4) is 0 Å². The molecule has 2 aromatic carbocycles. The highest BCUT2D eigenvalue weighted by molar-refractivity contribution is 5.92. The molecule has 1 saturated carbocycles. The van der Waals surface area contributed by atoms with Gasteiger partial charge in [-0.3, -0.25) is 10.1 Å². The van der Waals surface area contributed by atoms with E-state index in [0.29, 0.717) is 23.6 Å². The van der Waals surface area contributed by atoms with Crippen LogP contribution in [0.2, 0.25) is 0 Å². The highest BCUT2D eigenvalue weighted by atomic mass is 16.3. The lowest BCUT2D eigenvalue weighted by atomic mass is 9.95. The van der Waals surface area contributed by atoms with E-state index in [2.05, 4.69) is 20.9 Å². The Kier molecular flexibility index (Phi) is 5.05. The summed E-state index contributed by atoms with van der Waals surface area (Å²) in [6.45, 7) is 0. The Morgan fingerprint density at radius 1 is 1.00 bits per heavy atom. The number of benzene rings is 2. The summed E-state index contributed by atoms with van der Waals surface area (Å²) in [5.74, 6) is 1.00. The van der Waals surface area contributed by atoms with Gasteiger partial charge in [-0.15, -0.1) is 0 Å². The molecule has 5 rings (SSSR count). The number of nitrogens with zero attached hydrogens (tertiary/aromatic N) is 3. The number of rotatable bonds is 5. The summed E-state index contributed by atoms with van der Waals surface area (Å²) in [5.41, 5.74) is 3.48. The smallest absolute Gasteiger partial charge is 0.232 e. The minimum atomic E-state index is -0.143. The van der Waals surface area contributed by atoms with E-state index in [1.807, 2.05) is 48.5 Å². The third kappa shape index (κ3) is 3.73. The second-order valence-electron chi connectivity index (χ2n) is 7.82. The fourth-order valence-corrected chi connectivity index (χ4v) is 4.28. The Labute approximate surface area is 175 Å². The minimum Gasteiger partial charge on any atom is -0.444 e. The van der Waals surface area contributed by atoms with E-state index >= 15 is 0 Å². The normalized spacial score (nSPS) is 14.8. The maximum Gasteiger partial charge on any atom is 0.232 e. The maximum absolute atomic E-state index is 12.8. The van der Waals surface area contributed by atoms with Crippen molar-refractivity contribution in [3.05, 3.63) is 66.6 Å². The lowest BCUT2D eigenvalue weighted by Gasteiger charge is -2.25. The third-order valence-corrected chi connectivity index (χ3v) is 5.70. The molecule has 1 aliphatic rings. The molecule has 0 atom stereocenters. The number of aromatic nitrogens is 3. The Balaban J connectivity index is 1.37. The predicted octanol–water partition coefficient (Wildman–Crippen LogP) is 5.38. The molecule has 1 fully saturated rings. The maximum atomic E-state index is 12.8. The van der Waals surface area contributed by atoms with Crippen molar-refractivity contribution in [3.63, 3.8) is 0 Å². The van der Waals surface area contributed by atoms with Crippen LogP contribution in [0, 0.1) is 0 Å². The molecule has 0 spiro atoms. The fourth-order valence-electron chi connectivity index (χ4n) is 4.28. The molecule has 6 heteroatoms. The topological polar surface area (TPSA) is 73.0 Å². The van der Waals surface area contributed by atoms with Gasteiger partial charge in [0.1, 0.15) is 6.26 Å². The molecule has 6 nitrogen and oxygen atoms in total. The van der Waals surface area contributed by atoms with Crippen molar-refractivity contribution in [3.8, 4) is 11.5 Å². The van der Waals surface area contributed by atoms with E-state index in [1.54, 1.807) is 6.26 Å². The number of oxazole rings is 1. The van der Waals surface area contributed by atoms with E-state index in [-0.39, 0.29) is 12.3 Å². The number of fused-ring (bicyclic) bond motifs is 1. The van der Waals surface area contributed by atoms with Gasteiger partial charge >= 0.3 is 0 Å². The summed E-state index contributed by atoms with van der Waals surface area (Å²) in [7, 11) is 0. The molecule has 0 unspecified atom stereocenters. The van der Waals surface area contributed by atoms with Crippen molar-refractivity contribution in [2.75, 3.05) is 5.32 Å². The van der Waals surface area contributed by atoms with Crippen LogP contribution in [0.25, 0.3) is 22.5 Å². The summed E-state index contributed by atoms with van der Waals surface area (Å²) in [6, 6.07) is 18.1. The number of para-hydroxylation sites is 2. The average molecular weight is 400 g/mol. The Bertz CT molecular complexity index is 1160. The molecule has 2 heterocycles. The van der Waals surface area contributed by atoms with Crippen LogP contribution < -0.4 is 5.32 Å². The lowest BCUT2D eigenvalue weighted by molar-refractivity contribution is -0.115. The average Bonchev–Trinajstić information content (AvgIpc) is 3.39. The molecule has 0 radical (unpaired) electrons. The molecule has 2 aromatic heterocycles. The summed E-state index contributed by atoms with van der Waals surface area (Å²) in [6.07, 6.45) is 7.63. The third-order valence-electron chi connectivity index (χ3n) is 5.70. The molecule has 0 bridgehead atoms. The first-order chi connectivity index (χ1) is 14.8. The van der Waals surface area contributed by atoms with Crippen molar-refractivity contribution >= 4 is 22.9 Å². The van der Waals surface area contributed by atoms with E-state index in [0.717, 1.165) is 29.4 Å². The van der Waals surface area contributed by atoms with Gasteiger partial charge in [-0.05, 0) is 37.1 Å². The molecule has 152 valence electrons. The van der Waals surface area contributed by atoms with Crippen molar-refractivity contribution in [1.29, 1.82) is 0 Å². The van der Waals surface area contributed by atoms with Crippen LogP contribution in [-0.2, 0) is 11.2 Å². The van der Waals surface area contributed by atoms with E-state index < -0.39 is 0 Å². The first-order valence-corrected chi connectivity index (χ1v) is 10.5. The van der Waals surface area contributed by atoms with Gasteiger partial charge in [-0.25, -0.2) is 9.97 Å². The van der Waals surface area contributed by atoms with Gasteiger partial charge in [0.2, 0.25) is 17.7 Å². The summed E-state index contributed by atoms with van der Waals surface area (Å²) in [5, 5.41) is 3.03. The number of anilines is 1. The highest BCUT2D eigenvalue weighted by Crippen LogP contribution is 2.34. The molecule has 1 aliphatic carbocycles. The molecule has 0 aliphatic heterocycles. The largest absolute Gasteiger partial charge is 0.444 e. The van der Waals surface area contributed by atoms with Crippen molar-refractivity contribution < 1.29 is 9.21 Å². The zero-order valence-corrected chi connectivity index (χ0v) is 16.8. The zero-order chi connectivity index (χ0) is 20.3. The Hall–Kier alpha value is -3.41. The van der Waals surface area contributed by atoms with Crippen molar-refractivity contribution in [2.45, 2.75) is 44.6 Å². The monoisotopic (exact) mass is 400 g/mol. The number of carbonyl (C=O) groups excluding carboxylic acids is 1. The molecule has 1 amide bonds.